The second-order valence-electron chi connectivity index (χ2n) is 1.96. The van der Waals surface area contributed by atoms with Crippen molar-refractivity contribution in [1.29, 1.82) is 0 Å². The zero-order valence-electron chi connectivity index (χ0n) is 5.78. The second kappa shape index (κ2) is 2.96. The summed E-state index contributed by atoms with van der Waals surface area (Å²) in [6.07, 6.45) is 6.79. The van der Waals surface area contributed by atoms with Crippen molar-refractivity contribution in [2.24, 2.45) is 15.7 Å². The summed E-state index contributed by atoms with van der Waals surface area (Å²) in [5, 5.41) is 0. The van der Waals surface area contributed by atoms with Crippen LogP contribution in [-0.4, -0.2) is 12.1 Å². The topological polar surface area (TPSA) is 50.7 Å². The molecule has 52 valence electrons. The van der Waals surface area contributed by atoms with Crippen LogP contribution in [0, 0.1) is 0 Å². The first-order valence-electron chi connectivity index (χ1n) is 3.00. The third-order valence-electron chi connectivity index (χ3n) is 1.01. The Morgan fingerprint density at radius 2 is 2.30 bits per heavy atom. The van der Waals surface area contributed by atoms with Crippen LogP contribution in [0.1, 0.15) is 6.92 Å². The zero-order valence-corrected chi connectivity index (χ0v) is 5.78. The van der Waals surface area contributed by atoms with E-state index in [0.717, 1.165) is 5.70 Å². The van der Waals surface area contributed by atoms with E-state index < -0.39 is 0 Å². The molecule has 0 atom stereocenters. The van der Waals surface area contributed by atoms with Gasteiger partial charge in [0.15, 0.2) is 0 Å². The molecule has 0 aromatic carbocycles. The molecular formula is C7H9N3. The molecule has 0 saturated carbocycles. The molecule has 2 N–H and O–H groups in total. The highest BCUT2D eigenvalue weighted by molar-refractivity contribution is 5.95. The Morgan fingerprint density at radius 3 is 3.10 bits per heavy atom. The van der Waals surface area contributed by atoms with E-state index in [1.165, 1.54) is 0 Å². The average molecular weight is 135 g/mol. The highest BCUT2D eigenvalue weighted by Crippen LogP contribution is 1.96. The van der Waals surface area contributed by atoms with Gasteiger partial charge in [0.05, 0.1) is 5.70 Å². The van der Waals surface area contributed by atoms with Gasteiger partial charge in [0, 0.05) is 12.4 Å². The number of rotatable bonds is 0. The van der Waals surface area contributed by atoms with Crippen molar-refractivity contribution in [2.45, 2.75) is 6.92 Å². The van der Waals surface area contributed by atoms with Gasteiger partial charge >= 0.3 is 0 Å². The number of aliphatic imine (C=N–C) groups is 2. The minimum Gasteiger partial charge on any atom is -0.384 e. The summed E-state index contributed by atoms with van der Waals surface area (Å²) in [5.74, 6) is 0.514. The van der Waals surface area contributed by atoms with E-state index in [1.807, 2.05) is 6.92 Å². The fraction of sp³-hybridized carbons (Fsp3) is 0.143. The maximum atomic E-state index is 5.46. The SMILES string of the molecule is CC1=C\N=C/C=C/C(N)=N\1. The molecule has 0 fully saturated rings. The number of amidine groups is 1. The van der Waals surface area contributed by atoms with Crippen LogP contribution in [0.3, 0.4) is 0 Å². The van der Waals surface area contributed by atoms with Crippen LogP contribution in [0.15, 0.2) is 34.0 Å². The number of hydrogen-bond acceptors (Lipinski definition) is 3. The van der Waals surface area contributed by atoms with Gasteiger partial charge in [-0.15, -0.1) is 0 Å². The van der Waals surface area contributed by atoms with Crippen molar-refractivity contribution in [3.05, 3.63) is 24.0 Å². The molecule has 10 heavy (non-hydrogen) atoms. The maximum Gasteiger partial charge on any atom is 0.123 e. The van der Waals surface area contributed by atoms with Crippen LogP contribution in [0.2, 0.25) is 0 Å². The highest BCUT2D eigenvalue weighted by Gasteiger charge is 1.87. The third kappa shape index (κ3) is 1.85. The van der Waals surface area contributed by atoms with E-state index in [0.29, 0.717) is 5.84 Å². The Bertz CT molecular complexity index is 230. The molecule has 1 aliphatic heterocycles. The van der Waals surface area contributed by atoms with Crippen LogP contribution in [-0.2, 0) is 0 Å². The van der Waals surface area contributed by atoms with E-state index in [4.69, 9.17) is 5.73 Å². The summed E-state index contributed by atoms with van der Waals surface area (Å²) in [7, 11) is 0. The standard InChI is InChI=1S/C7H9N3/c1-6-5-9-4-2-3-7(8)10-6/h2-5H,1H3,(H2,8,10). The van der Waals surface area contributed by atoms with Gasteiger partial charge in [-0.1, -0.05) is 0 Å². The first-order valence-corrected chi connectivity index (χ1v) is 3.00. The molecule has 0 amide bonds. The Hall–Kier alpha value is -1.38. The Kier molecular flexibility index (Phi) is 1.99. The third-order valence-corrected chi connectivity index (χ3v) is 1.01. The van der Waals surface area contributed by atoms with Gasteiger partial charge in [-0.2, -0.15) is 0 Å². The molecule has 1 heterocycles. The van der Waals surface area contributed by atoms with Crippen molar-refractivity contribution in [2.75, 3.05) is 0 Å². The average Bonchev–Trinajstić information content (AvgIpc) is 1.83. The van der Waals surface area contributed by atoms with Gasteiger partial charge in [0.25, 0.3) is 0 Å². The molecule has 0 spiro atoms. The Labute approximate surface area is 59.7 Å². The van der Waals surface area contributed by atoms with Crippen LogP contribution in [0.5, 0.6) is 0 Å². The molecule has 0 aliphatic carbocycles. The monoisotopic (exact) mass is 135 g/mol. The Balaban J connectivity index is 2.89. The van der Waals surface area contributed by atoms with Crippen LogP contribution in [0.25, 0.3) is 0 Å². The molecular weight excluding hydrogens is 126 g/mol. The fourth-order valence-electron chi connectivity index (χ4n) is 0.612. The number of nitrogens with two attached hydrogens (primary N) is 1. The molecule has 1 aliphatic rings. The predicted molar refractivity (Wildman–Crippen MR) is 43.0 cm³/mol. The maximum absolute atomic E-state index is 5.46. The largest absolute Gasteiger partial charge is 0.384 e. The molecule has 0 aromatic heterocycles. The van der Waals surface area contributed by atoms with Gasteiger partial charge < -0.3 is 5.73 Å². The second-order valence-corrected chi connectivity index (χ2v) is 1.96. The highest BCUT2D eigenvalue weighted by atomic mass is 14.9. The summed E-state index contributed by atoms with van der Waals surface area (Å²) in [5.41, 5.74) is 6.27. The first-order chi connectivity index (χ1) is 4.79. The van der Waals surface area contributed by atoms with Crippen molar-refractivity contribution in [3.8, 4) is 0 Å². The lowest BCUT2D eigenvalue weighted by Gasteiger charge is -1.94. The summed E-state index contributed by atoms with van der Waals surface area (Å²) >= 11 is 0. The van der Waals surface area contributed by atoms with Crippen molar-refractivity contribution < 1.29 is 0 Å². The van der Waals surface area contributed by atoms with E-state index in [2.05, 4.69) is 9.98 Å². The van der Waals surface area contributed by atoms with Gasteiger partial charge in [-0.3, -0.25) is 4.99 Å². The van der Waals surface area contributed by atoms with Crippen molar-refractivity contribution >= 4 is 12.1 Å². The summed E-state index contributed by atoms with van der Waals surface area (Å²) in [6, 6.07) is 0. The van der Waals surface area contributed by atoms with Crippen LogP contribution in [0.4, 0.5) is 0 Å². The fourth-order valence-corrected chi connectivity index (χ4v) is 0.612. The van der Waals surface area contributed by atoms with Crippen LogP contribution < -0.4 is 5.73 Å². The molecule has 0 radical (unpaired) electrons. The van der Waals surface area contributed by atoms with Crippen LogP contribution >= 0.6 is 0 Å². The number of allylic oxidation sites excluding steroid dienone is 2. The smallest absolute Gasteiger partial charge is 0.123 e. The van der Waals surface area contributed by atoms with Crippen molar-refractivity contribution in [1.82, 2.24) is 0 Å². The number of nitrogens with zero attached hydrogens (tertiary/aromatic N) is 2. The molecule has 0 saturated heterocycles. The molecule has 0 bridgehead atoms. The van der Waals surface area contributed by atoms with E-state index in [1.54, 1.807) is 24.6 Å². The molecule has 1 rings (SSSR count). The lowest BCUT2D eigenvalue weighted by atomic mass is 10.4. The van der Waals surface area contributed by atoms with Gasteiger partial charge in [0.1, 0.15) is 5.84 Å². The lowest BCUT2D eigenvalue weighted by Crippen LogP contribution is -2.07. The van der Waals surface area contributed by atoms with E-state index in [9.17, 15) is 0 Å². The number of hydrogen-bond donors (Lipinski definition) is 1. The minimum absolute atomic E-state index is 0.514. The molecule has 3 heteroatoms. The van der Waals surface area contributed by atoms with Gasteiger partial charge in [-0.05, 0) is 19.1 Å². The molecule has 3 nitrogen and oxygen atoms in total. The first kappa shape index (κ1) is 6.74. The van der Waals surface area contributed by atoms with E-state index >= 15 is 0 Å². The summed E-state index contributed by atoms with van der Waals surface area (Å²) < 4.78 is 0. The Morgan fingerprint density at radius 1 is 1.50 bits per heavy atom. The summed E-state index contributed by atoms with van der Waals surface area (Å²) in [6.45, 7) is 1.85. The van der Waals surface area contributed by atoms with E-state index in [-0.39, 0.29) is 0 Å². The van der Waals surface area contributed by atoms with Gasteiger partial charge in [0.2, 0.25) is 0 Å². The normalized spacial score (nSPS) is 34.1. The lowest BCUT2D eigenvalue weighted by molar-refractivity contribution is 1.26. The van der Waals surface area contributed by atoms with Crippen molar-refractivity contribution in [3.63, 3.8) is 0 Å². The summed E-state index contributed by atoms with van der Waals surface area (Å²) in [4.78, 5) is 7.90. The zero-order chi connectivity index (χ0) is 7.40. The minimum atomic E-state index is 0.514. The quantitative estimate of drug-likeness (QED) is 0.526. The molecule has 0 aromatic rings. The predicted octanol–water partition coefficient (Wildman–Crippen LogP) is 0.846. The van der Waals surface area contributed by atoms with Gasteiger partial charge in [-0.25, -0.2) is 4.99 Å². The molecule has 0 unspecified atom stereocenters.